The van der Waals surface area contributed by atoms with E-state index in [2.05, 4.69) is 5.32 Å². The number of likely N-dealkylation sites (tertiary alicyclic amines) is 1. The molecule has 5 rings (SSSR count). The second-order valence-electron chi connectivity index (χ2n) is 7.89. The molecule has 30 heavy (non-hydrogen) atoms. The molecule has 2 unspecified atom stereocenters. The first-order valence-corrected chi connectivity index (χ1v) is 9.66. The fourth-order valence-electron chi connectivity index (χ4n) is 4.64. The summed E-state index contributed by atoms with van der Waals surface area (Å²) in [5, 5.41) is 22.6. The Balaban J connectivity index is 1.41. The Morgan fingerprint density at radius 3 is 2.83 bits per heavy atom. The molecule has 2 aromatic rings. The lowest BCUT2D eigenvalue weighted by Crippen LogP contribution is -2.49. The highest BCUT2D eigenvalue weighted by Gasteiger charge is 2.37. The van der Waals surface area contributed by atoms with E-state index in [-0.39, 0.29) is 35.9 Å². The maximum Gasteiger partial charge on any atom is 0.275 e. The largest absolute Gasteiger partial charge is 0.733 e. The van der Waals surface area contributed by atoms with E-state index >= 15 is 0 Å². The number of benzene rings is 1. The molecule has 2 atom stereocenters. The summed E-state index contributed by atoms with van der Waals surface area (Å²) in [7, 11) is 0. The maximum atomic E-state index is 13.1. The van der Waals surface area contributed by atoms with Crippen LogP contribution in [0.25, 0.3) is 0 Å². The molecule has 1 aromatic carbocycles. The van der Waals surface area contributed by atoms with E-state index in [0.29, 0.717) is 36.6 Å². The van der Waals surface area contributed by atoms with Gasteiger partial charge in [-0.3, -0.25) is 19.6 Å². The predicted molar refractivity (Wildman–Crippen MR) is 106 cm³/mol. The van der Waals surface area contributed by atoms with Crippen molar-refractivity contribution in [2.45, 2.75) is 18.9 Å². The SMILES string of the molecule is O=C1COc2ccc(C(=O)N3CC4CC(C3)c3ccc(N([O-])O)c(=O)n3C4)cc2N1. The Morgan fingerprint density at radius 2 is 2.03 bits per heavy atom. The topological polar surface area (TPSA) is 127 Å². The molecule has 0 spiro atoms. The van der Waals surface area contributed by atoms with Gasteiger partial charge in [-0.25, -0.2) is 0 Å². The van der Waals surface area contributed by atoms with Crippen molar-refractivity contribution < 1.29 is 19.5 Å². The average molecular weight is 411 g/mol. The summed E-state index contributed by atoms with van der Waals surface area (Å²) < 4.78 is 6.87. The summed E-state index contributed by atoms with van der Waals surface area (Å²) >= 11 is 0. The minimum Gasteiger partial charge on any atom is -0.733 e. The normalized spacial score (nSPS) is 21.8. The van der Waals surface area contributed by atoms with E-state index in [1.807, 2.05) is 0 Å². The Bertz CT molecular complexity index is 1110. The fourth-order valence-corrected chi connectivity index (χ4v) is 4.64. The molecular formula is C20H19N4O6-. The van der Waals surface area contributed by atoms with Gasteiger partial charge >= 0.3 is 0 Å². The molecule has 1 aromatic heterocycles. The molecule has 10 heteroatoms. The van der Waals surface area contributed by atoms with Crippen LogP contribution in [-0.4, -0.2) is 46.2 Å². The smallest absolute Gasteiger partial charge is 0.275 e. The van der Waals surface area contributed by atoms with Gasteiger partial charge in [0.05, 0.1) is 5.69 Å². The van der Waals surface area contributed by atoms with Gasteiger partial charge in [0.25, 0.3) is 17.4 Å². The molecule has 2 amide bonds. The number of carbonyl (C=O) groups is 2. The van der Waals surface area contributed by atoms with Crippen molar-refractivity contribution in [1.82, 2.24) is 9.47 Å². The molecule has 4 heterocycles. The molecule has 2 N–H and O–H groups in total. The Hall–Kier alpha value is -3.37. The zero-order valence-electron chi connectivity index (χ0n) is 15.9. The number of fused-ring (bicyclic) bond motifs is 5. The van der Waals surface area contributed by atoms with Gasteiger partial charge < -0.3 is 30.0 Å². The zero-order valence-corrected chi connectivity index (χ0v) is 15.9. The number of hydrogen-bond acceptors (Lipinski definition) is 7. The fraction of sp³-hybridized carbons (Fsp3) is 0.350. The van der Waals surface area contributed by atoms with Gasteiger partial charge in [0.1, 0.15) is 11.4 Å². The third kappa shape index (κ3) is 3.01. The number of nitrogens with zero attached hydrogens (tertiary/aromatic N) is 3. The summed E-state index contributed by atoms with van der Waals surface area (Å²) in [6, 6.07) is 7.95. The Morgan fingerprint density at radius 1 is 1.20 bits per heavy atom. The molecule has 0 radical (unpaired) electrons. The highest BCUT2D eigenvalue weighted by atomic mass is 16.8. The van der Waals surface area contributed by atoms with Crippen molar-refractivity contribution in [3.8, 4) is 5.75 Å². The van der Waals surface area contributed by atoms with Crippen LogP contribution in [0, 0.1) is 11.1 Å². The van der Waals surface area contributed by atoms with Crippen molar-refractivity contribution in [2.24, 2.45) is 5.92 Å². The number of aromatic nitrogens is 1. The number of piperidine rings is 1. The van der Waals surface area contributed by atoms with Gasteiger partial charge in [-0.2, -0.15) is 0 Å². The summed E-state index contributed by atoms with van der Waals surface area (Å²) in [4.78, 5) is 39.0. The van der Waals surface area contributed by atoms with Crippen LogP contribution in [0.5, 0.6) is 5.75 Å². The molecular weight excluding hydrogens is 392 g/mol. The minimum atomic E-state index is -0.523. The first-order chi connectivity index (χ1) is 14.4. The predicted octanol–water partition coefficient (Wildman–Crippen LogP) is 1.13. The number of nitrogens with one attached hydrogen (secondary N) is 1. The first kappa shape index (κ1) is 18.6. The van der Waals surface area contributed by atoms with Crippen LogP contribution in [0.3, 0.4) is 0 Å². The van der Waals surface area contributed by atoms with E-state index in [0.717, 1.165) is 12.1 Å². The molecule has 0 aliphatic carbocycles. The Labute approximate surface area is 170 Å². The van der Waals surface area contributed by atoms with Gasteiger partial charge in [0, 0.05) is 36.8 Å². The average Bonchev–Trinajstić information content (AvgIpc) is 2.73. The lowest BCUT2D eigenvalue weighted by Gasteiger charge is -2.43. The van der Waals surface area contributed by atoms with Gasteiger partial charge in [-0.05, 0) is 42.7 Å². The number of hydrogen-bond donors (Lipinski definition) is 2. The molecule has 156 valence electrons. The van der Waals surface area contributed by atoms with Crippen molar-refractivity contribution in [3.63, 3.8) is 0 Å². The third-order valence-electron chi connectivity index (χ3n) is 5.94. The van der Waals surface area contributed by atoms with E-state index in [1.165, 1.54) is 10.6 Å². The molecule has 3 aliphatic rings. The van der Waals surface area contributed by atoms with E-state index in [4.69, 9.17) is 9.94 Å². The van der Waals surface area contributed by atoms with Crippen LogP contribution in [-0.2, 0) is 11.3 Å². The summed E-state index contributed by atoms with van der Waals surface area (Å²) in [5.74, 6) is 0.138. The van der Waals surface area contributed by atoms with Crippen LogP contribution in [0.2, 0.25) is 0 Å². The van der Waals surface area contributed by atoms with Crippen LogP contribution < -0.4 is 20.8 Å². The number of ether oxygens (including phenoxy) is 1. The van der Waals surface area contributed by atoms with Crippen molar-refractivity contribution in [1.29, 1.82) is 0 Å². The van der Waals surface area contributed by atoms with Gasteiger partial charge in [0.15, 0.2) is 6.61 Å². The van der Waals surface area contributed by atoms with Gasteiger partial charge in [-0.15, -0.1) is 0 Å². The van der Waals surface area contributed by atoms with Crippen molar-refractivity contribution in [3.05, 3.63) is 57.2 Å². The lowest BCUT2D eigenvalue weighted by molar-refractivity contribution is -0.118. The first-order valence-electron chi connectivity index (χ1n) is 9.66. The summed E-state index contributed by atoms with van der Waals surface area (Å²) in [6.07, 6.45) is 0.844. The molecule has 3 aliphatic heterocycles. The lowest BCUT2D eigenvalue weighted by atomic mass is 9.83. The molecule has 10 nitrogen and oxygen atoms in total. The zero-order chi connectivity index (χ0) is 21.0. The number of carbonyl (C=O) groups excluding carboxylic acids is 2. The van der Waals surface area contributed by atoms with Crippen LogP contribution in [0.15, 0.2) is 35.1 Å². The van der Waals surface area contributed by atoms with Gasteiger partial charge in [0.2, 0.25) is 0 Å². The summed E-state index contributed by atoms with van der Waals surface area (Å²) in [6.45, 7) is 1.25. The van der Waals surface area contributed by atoms with E-state index in [9.17, 15) is 19.6 Å². The minimum absolute atomic E-state index is 0.0392. The number of amides is 2. The van der Waals surface area contributed by atoms with Gasteiger partial charge in [-0.1, -0.05) is 0 Å². The van der Waals surface area contributed by atoms with Crippen LogP contribution in [0.4, 0.5) is 11.4 Å². The number of anilines is 2. The summed E-state index contributed by atoms with van der Waals surface area (Å²) in [5.41, 5.74) is 0.847. The van der Waals surface area contributed by atoms with Crippen molar-refractivity contribution >= 4 is 23.2 Å². The maximum absolute atomic E-state index is 13.1. The van der Waals surface area contributed by atoms with Crippen LogP contribution >= 0.6 is 0 Å². The highest BCUT2D eigenvalue weighted by Crippen LogP contribution is 2.37. The van der Waals surface area contributed by atoms with E-state index in [1.54, 1.807) is 29.2 Å². The quantitative estimate of drug-likeness (QED) is 0.709. The second kappa shape index (κ2) is 6.85. The third-order valence-corrected chi connectivity index (χ3v) is 5.94. The number of rotatable bonds is 2. The molecule has 0 saturated carbocycles. The second-order valence-corrected chi connectivity index (χ2v) is 7.89. The standard InChI is InChI=1S/C20H19N4O6/c25-18-10-30-17-4-1-12(6-14(17)21-18)19(26)22-7-11-5-13(9-22)15-2-3-16(24(28)29)20(27)23(15)8-11/h1-4,6,11,13,28H,5,7-10H2,(H,21,25)/q-1. The molecule has 2 bridgehead atoms. The van der Waals surface area contributed by atoms with Crippen LogP contribution in [0.1, 0.15) is 28.4 Å². The monoisotopic (exact) mass is 411 g/mol. The van der Waals surface area contributed by atoms with Crippen molar-refractivity contribution in [2.75, 3.05) is 30.2 Å². The molecule has 1 fully saturated rings. The number of pyridine rings is 1. The van der Waals surface area contributed by atoms with E-state index < -0.39 is 10.8 Å². The molecule has 1 saturated heterocycles. The highest BCUT2D eigenvalue weighted by molar-refractivity contribution is 6.00. The Kier molecular flexibility index (Phi) is 4.26.